The van der Waals surface area contributed by atoms with Crippen LogP contribution in [-0.2, 0) is 13.0 Å². The average Bonchev–Trinajstić information content (AvgIpc) is 2.89. The van der Waals surface area contributed by atoms with Gasteiger partial charge in [0, 0.05) is 56.2 Å². The molecular formula is C27H30N8S. The number of rotatable bonds is 7. The van der Waals surface area contributed by atoms with Crippen molar-refractivity contribution >= 4 is 57.9 Å². The van der Waals surface area contributed by atoms with Crippen molar-refractivity contribution in [3.63, 3.8) is 0 Å². The van der Waals surface area contributed by atoms with Crippen molar-refractivity contribution in [2.24, 2.45) is 0 Å². The maximum atomic E-state index is 4.83. The number of aromatic nitrogens is 4. The van der Waals surface area contributed by atoms with E-state index in [9.17, 15) is 0 Å². The fourth-order valence-electron chi connectivity index (χ4n) is 4.49. The van der Waals surface area contributed by atoms with Crippen molar-refractivity contribution in [2.45, 2.75) is 19.9 Å². The van der Waals surface area contributed by atoms with E-state index in [1.165, 1.54) is 16.7 Å². The van der Waals surface area contributed by atoms with Crippen LogP contribution in [0.25, 0.3) is 17.1 Å². The summed E-state index contributed by atoms with van der Waals surface area (Å²) >= 11 is 1.60. The zero-order valence-electron chi connectivity index (χ0n) is 21.0. The monoisotopic (exact) mass is 498 g/mol. The van der Waals surface area contributed by atoms with Gasteiger partial charge in [-0.1, -0.05) is 30.7 Å². The Kier molecular flexibility index (Phi) is 6.75. The molecule has 9 heteroatoms. The quantitative estimate of drug-likeness (QED) is 0.318. The topological polar surface area (TPSA) is 82.1 Å². The number of hydrogen-bond acceptors (Lipinski definition) is 9. The molecule has 2 N–H and O–H groups in total. The minimum absolute atomic E-state index is 0.524. The van der Waals surface area contributed by atoms with E-state index in [0.717, 1.165) is 53.2 Å². The molecule has 0 aliphatic carbocycles. The summed E-state index contributed by atoms with van der Waals surface area (Å²) in [4.78, 5) is 20.8. The summed E-state index contributed by atoms with van der Waals surface area (Å²) in [6.45, 7) is 8.12. The van der Waals surface area contributed by atoms with Crippen LogP contribution in [0.3, 0.4) is 0 Å². The summed E-state index contributed by atoms with van der Waals surface area (Å²) in [6.07, 6.45) is 10.1. The van der Waals surface area contributed by atoms with Crippen LogP contribution in [0.4, 0.5) is 28.8 Å². The Morgan fingerprint density at radius 2 is 1.92 bits per heavy atom. The van der Waals surface area contributed by atoms with Crippen molar-refractivity contribution in [2.75, 3.05) is 41.8 Å². The highest BCUT2D eigenvalue weighted by Gasteiger charge is 2.18. The van der Waals surface area contributed by atoms with Crippen LogP contribution < -0.4 is 14.9 Å². The molecule has 0 spiro atoms. The van der Waals surface area contributed by atoms with Gasteiger partial charge in [-0.2, -0.15) is 4.98 Å². The van der Waals surface area contributed by atoms with E-state index in [0.29, 0.717) is 11.8 Å². The number of aryl methyl sites for hydroxylation is 1. The second-order valence-electron chi connectivity index (χ2n) is 8.94. The summed E-state index contributed by atoms with van der Waals surface area (Å²) in [5.74, 6) is 1.19. The predicted octanol–water partition coefficient (Wildman–Crippen LogP) is 5.56. The van der Waals surface area contributed by atoms with Gasteiger partial charge in [-0.3, -0.25) is 9.97 Å². The van der Waals surface area contributed by atoms with Gasteiger partial charge in [-0.15, -0.1) is 0 Å². The van der Waals surface area contributed by atoms with Crippen molar-refractivity contribution in [3.05, 3.63) is 71.7 Å². The third-order valence-corrected chi connectivity index (χ3v) is 7.22. The average molecular weight is 499 g/mol. The Morgan fingerprint density at radius 3 is 2.72 bits per heavy atom. The van der Waals surface area contributed by atoms with E-state index in [1.54, 1.807) is 36.6 Å². The number of benzene rings is 2. The first-order valence-corrected chi connectivity index (χ1v) is 13.0. The largest absolute Gasteiger partial charge is 0.338 e. The van der Waals surface area contributed by atoms with Crippen LogP contribution in [-0.4, -0.2) is 51.7 Å². The zero-order chi connectivity index (χ0) is 25.2. The summed E-state index contributed by atoms with van der Waals surface area (Å²) in [6, 6.07) is 8.48. The summed E-state index contributed by atoms with van der Waals surface area (Å²) in [5.41, 5.74) is 9.24. The Labute approximate surface area is 216 Å². The Balaban J connectivity index is 1.50. The minimum Gasteiger partial charge on any atom is -0.338 e. The molecule has 184 valence electrons. The molecule has 0 bridgehead atoms. The van der Waals surface area contributed by atoms with Gasteiger partial charge < -0.3 is 19.8 Å². The van der Waals surface area contributed by atoms with Crippen LogP contribution >= 0.6 is 11.9 Å². The van der Waals surface area contributed by atoms with Crippen LogP contribution in [0.15, 0.2) is 49.4 Å². The molecule has 0 unspecified atom stereocenters. The van der Waals surface area contributed by atoms with Gasteiger partial charge in [-0.05, 0) is 55.3 Å². The number of hydrogen-bond donors (Lipinski definition) is 2. The molecule has 2 aromatic carbocycles. The van der Waals surface area contributed by atoms with Gasteiger partial charge in [0.15, 0.2) is 0 Å². The lowest BCUT2D eigenvalue weighted by molar-refractivity contribution is 0.313. The third-order valence-electron chi connectivity index (χ3n) is 6.49. The van der Waals surface area contributed by atoms with Crippen molar-refractivity contribution in [3.8, 4) is 0 Å². The van der Waals surface area contributed by atoms with Crippen molar-refractivity contribution in [1.29, 1.82) is 0 Å². The number of nitrogens with zero attached hydrogens (tertiary/aromatic N) is 6. The predicted molar refractivity (Wildman–Crippen MR) is 151 cm³/mol. The molecule has 0 saturated heterocycles. The number of nitrogens with one attached hydrogen (secondary N) is 2. The highest BCUT2D eigenvalue weighted by atomic mass is 32.2. The third kappa shape index (κ3) is 4.72. The van der Waals surface area contributed by atoms with Crippen LogP contribution in [0.2, 0.25) is 0 Å². The molecule has 5 rings (SSSR count). The van der Waals surface area contributed by atoms with Gasteiger partial charge in [-0.25, -0.2) is 4.98 Å². The van der Waals surface area contributed by atoms with Crippen LogP contribution in [0.5, 0.6) is 0 Å². The summed E-state index contributed by atoms with van der Waals surface area (Å²) in [5, 5.41) is 6.95. The molecule has 0 amide bonds. The first kappa shape index (κ1) is 24.0. The van der Waals surface area contributed by atoms with E-state index in [-0.39, 0.29) is 0 Å². The number of fused-ring (bicyclic) bond motifs is 2. The first-order valence-electron chi connectivity index (χ1n) is 11.8. The van der Waals surface area contributed by atoms with Crippen molar-refractivity contribution in [1.82, 2.24) is 24.8 Å². The molecule has 4 aromatic rings. The molecule has 1 aliphatic heterocycles. The smallest absolute Gasteiger partial charge is 0.229 e. The molecule has 0 fully saturated rings. The lowest BCUT2D eigenvalue weighted by Crippen LogP contribution is -2.26. The van der Waals surface area contributed by atoms with Crippen LogP contribution in [0.1, 0.15) is 22.3 Å². The maximum absolute atomic E-state index is 4.83. The fraction of sp³-hybridized carbons (Fsp3) is 0.259. The Bertz CT molecular complexity index is 1440. The minimum atomic E-state index is 0.524. The maximum Gasteiger partial charge on any atom is 0.229 e. The lowest BCUT2D eigenvalue weighted by Gasteiger charge is -2.26. The second-order valence-corrected chi connectivity index (χ2v) is 9.85. The molecule has 3 heterocycles. The van der Waals surface area contributed by atoms with Crippen LogP contribution in [0, 0.1) is 6.92 Å². The Hall–Kier alpha value is -3.69. The van der Waals surface area contributed by atoms with E-state index >= 15 is 0 Å². The molecule has 0 radical (unpaired) electrons. The SMILES string of the molecule is C=Cc1cnc(Nc2cc3c(cc2C)CCN(C)C3)nc1Nc1ccc2nccnc2c1N(C)SC. The summed E-state index contributed by atoms with van der Waals surface area (Å²) in [7, 11) is 4.17. The zero-order valence-corrected chi connectivity index (χ0v) is 21.9. The van der Waals surface area contributed by atoms with E-state index < -0.39 is 0 Å². The fourth-order valence-corrected chi connectivity index (χ4v) is 4.86. The van der Waals surface area contributed by atoms with Crippen molar-refractivity contribution < 1.29 is 0 Å². The lowest BCUT2D eigenvalue weighted by atomic mass is 9.96. The molecular weight excluding hydrogens is 468 g/mol. The standard InChI is InChI=1S/C27H30N8S/c1-6-18-15-30-27(32-23-14-20-16-34(3)12-9-19(20)13-17(23)2)33-26(18)31-22-8-7-21-24(29-11-10-28-21)25(22)35(4)36-5/h6-8,10-11,13-15H,1,9,12,16H2,2-5H3,(H2,30,31,32,33). The number of anilines is 5. The molecule has 8 nitrogen and oxygen atoms in total. The highest BCUT2D eigenvalue weighted by Crippen LogP contribution is 2.37. The number of likely N-dealkylation sites (N-methyl/N-ethyl adjacent to an activating group) is 1. The molecule has 1 aliphatic rings. The van der Waals surface area contributed by atoms with Gasteiger partial charge in [0.25, 0.3) is 0 Å². The van der Waals surface area contributed by atoms with E-state index in [1.807, 2.05) is 25.4 Å². The molecule has 0 saturated carbocycles. The highest BCUT2D eigenvalue weighted by molar-refractivity contribution is 7.99. The molecule has 2 aromatic heterocycles. The molecule has 0 atom stereocenters. The first-order chi connectivity index (χ1) is 17.5. The molecule has 36 heavy (non-hydrogen) atoms. The van der Waals surface area contributed by atoms with E-state index in [4.69, 9.17) is 4.98 Å². The van der Waals surface area contributed by atoms with E-state index in [2.05, 4.69) is 67.5 Å². The Morgan fingerprint density at radius 1 is 1.08 bits per heavy atom. The summed E-state index contributed by atoms with van der Waals surface area (Å²) < 4.78 is 2.07. The van der Waals surface area contributed by atoms with Gasteiger partial charge in [0.1, 0.15) is 11.3 Å². The van der Waals surface area contributed by atoms with Gasteiger partial charge in [0.2, 0.25) is 5.95 Å². The normalized spacial score (nSPS) is 13.3. The van der Waals surface area contributed by atoms with Gasteiger partial charge >= 0.3 is 0 Å². The van der Waals surface area contributed by atoms with Gasteiger partial charge in [0.05, 0.1) is 16.9 Å². The second kappa shape index (κ2) is 10.1.